The van der Waals surface area contributed by atoms with Gasteiger partial charge in [0.15, 0.2) is 0 Å². The quantitative estimate of drug-likeness (QED) is 0.483. The van der Waals surface area contributed by atoms with Crippen LogP contribution in [0.2, 0.25) is 0 Å². The molecule has 130 valence electrons. The van der Waals surface area contributed by atoms with Gasteiger partial charge in [0.25, 0.3) is 0 Å². The van der Waals surface area contributed by atoms with Crippen LogP contribution in [-0.2, 0) is 12.8 Å². The van der Waals surface area contributed by atoms with Gasteiger partial charge in [-0.1, -0.05) is 6.07 Å². The van der Waals surface area contributed by atoms with E-state index in [9.17, 15) is 0 Å². The van der Waals surface area contributed by atoms with Gasteiger partial charge in [-0.25, -0.2) is 0 Å². The first kappa shape index (κ1) is 17.3. The molecule has 0 spiro atoms. The molecule has 3 aromatic rings. The van der Waals surface area contributed by atoms with Gasteiger partial charge < -0.3 is 15.9 Å². The Morgan fingerprint density at radius 1 is 1.04 bits per heavy atom. The topological polar surface area (TPSA) is 113 Å². The highest BCUT2D eigenvalue weighted by atomic mass is 16.3. The summed E-state index contributed by atoms with van der Waals surface area (Å²) < 4.78 is 4.91. The molecule has 0 saturated carbocycles. The van der Waals surface area contributed by atoms with Crippen molar-refractivity contribution >= 4 is 17.1 Å². The highest BCUT2D eigenvalue weighted by Gasteiger charge is 2.10. The molecule has 0 radical (unpaired) electrons. The fourth-order valence-electron chi connectivity index (χ4n) is 2.99. The van der Waals surface area contributed by atoms with E-state index in [4.69, 9.17) is 26.6 Å². The van der Waals surface area contributed by atoms with E-state index >= 15 is 0 Å². The maximum Gasteiger partial charge on any atom is 0.0996 e. The predicted octanol–water partition coefficient (Wildman–Crippen LogP) is 3.91. The minimum Gasteiger partial charge on any atom is -0.472 e. The average molecular weight is 344 g/mol. The molecular weight excluding hydrogens is 324 g/mol. The highest BCUT2D eigenvalue weighted by Crippen LogP contribution is 2.22. The molecule has 1 aromatic heterocycles. The molecule has 5 heteroatoms. The maximum atomic E-state index is 8.62. The number of hydrogen-bond acceptors (Lipinski definition) is 5. The van der Waals surface area contributed by atoms with Gasteiger partial charge in [0, 0.05) is 22.5 Å². The number of hydrogen-bond donors (Lipinski definition) is 3. The number of furan rings is 1. The van der Waals surface area contributed by atoms with Crippen LogP contribution in [0.15, 0.2) is 59.4 Å². The van der Waals surface area contributed by atoms with Crippen LogP contribution >= 0.6 is 0 Å². The molecule has 1 aliphatic carbocycles. The Hall–Kier alpha value is -3.52. The zero-order valence-electron chi connectivity index (χ0n) is 14.3. The van der Waals surface area contributed by atoms with Crippen LogP contribution in [0.4, 0.5) is 11.4 Å². The molecular formula is C21H20N4O. The first-order valence-electron chi connectivity index (χ1n) is 8.37. The number of nitrogens with zero attached hydrogens (tertiary/aromatic N) is 1. The van der Waals surface area contributed by atoms with Gasteiger partial charge >= 0.3 is 0 Å². The summed E-state index contributed by atoms with van der Waals surface area (Å²) in [5.74, 6) is 0. The summed E-state index contributed by atoms with van der Waals surface area (Å²) in [4.78, 5) is 0. The van der Waals surface area contributed by atoms with Crippen LogP contribution in [-0.4, -0.2) is 5.71 Å². The van der Waals surface area contributed by atoms with Crippen LogP contribution in [0.25, 0.3) is 0 Å². The summed E-state index contributed by atoms with van der Waals surface area (Å²) in [6, 6.07) is 15.0. The van der Waals surface area contributed by atoms with E-state index in [1.54, 1.807) is 24.3 Å². The van der Waals surface area contributed by atoms with Gasteiger partial charge in [0.1, 0.15) is 0 Å². The molecule has 0 aliphatic heterocycles. The number of nitrogens with two attached hydrogens (primary N) is 2. The van der Waals surface area contributed by atoms with Crippen molar-refractivity contribution in [2.45, 2.75) is 19.3 Å². The summed E-state index contributed by atoms with van der Waals surface area (Å²) >= 11 is 0. The van der Waals surface area contributed by atoms with Gasteiger partial charge in [0.05, 0.1) is 29.9 Å². The molecule has 2 aromatic carbocycles. The smallest absolute Gasteiger partial charge is 0.0996 e. The fourth-order valence-corrected chi connectivity index (χ4v) is 2.99. The zero-order valence-corrected chi connectivity index (χ0v) is 14.3. The van der Waals surface area contributed by atoms with E-state index in [1.165, 1.54) is 36.5 Å². The first-order valence-corrected chi connectivity index (χ1v) is 8.37. The van der Waals surface area contributed by atoms with E-state index in [2.05, 4.69) is 12.1 Å². The Bertz CT molecular complexity index is 968. The van der Waals surface area contributed by atoms with Gasteiger partial charge in [-0.3, -0.25) is 5.41 Å². The molecule has 0 unspecified atom stereocenters. The lowest BCUT2D eigenvalue weighted by Crippen LogP contribution is -2.05. The van der Waals surface area contributed by atoms with Crippen LogP contribution in [0.5, 0.6) is 0 Å². The minimum atomic E-state index is 0.313. The second-order valence-electron chi connectivity index (χ2n) is 6.18. The second kappa shape index (κ2) is 7.58. The van der Waals surface area contributed by atoms with Crippen molar-refractivity contribution in [3.63, 3.8) is 0 Å². The minimum absolute atomic E-state index is 0.313. The van der Waals surface area contributed by atoms with Crippen LogP contribution in [0.1, 0.15) is 34.2 Å². The number of anilines is 2. The third-order valence-electron chi connectivity index (χ3n) is 4.38. The molecule has 0 bridgehead atoms. The number of rotatable bonds is 2. The van der Waals surface area contributed by atoms with Crippen molar-refractivity contribution < 1.29 is 4.42 Å². The van der Waals surface area contributed by atoms with Crippen molar-refractivity contribution in [2.75, 3.05) is 11.5 Å². The SMILES string of the molecule is N#Cc1ccc2c(c1)CCC2.N=C(c1ccoc1)c1cc(N)ccc1N. The van der Waals surface area contributed by atoms with Crippen molar-refractivity contribution in [3.05, 3.63) is 82.8 Å². The van der Waals surface area contributed by atoms with E-state index in [0.717, 1.165) is 12.0 Å². The fraction of sp³-hybridized carbons (Fsp3) is 0.143. The summed E-state index contributed by atoms with van der Waals surface area (Å²) in [5.41, 5.74) is 17.8. The lowest BCUT2D eigenvalue weighted by molar-refractivity contribution is 0.567. The molecule has 5 N–H and O–H groups in total. The van der Waals surface area contributed by atoms with Crippen LogP contribution < -0.4 is 11.5 Å². The van der Waals surface area contributed by atoms with Crippen molar-refractivity contribution in [1.82, 2.24) is 0 Å². The Labute approximate surface area is 152 Å². The Balaban J connectivity index is 0.000000158. The molecule has 1 aliphatic rings. The summed E-state index contributed by atoms with van der Waals surface area (Å²) in [5, 5.41) is 16.5. The molecule has 0 amide bonds. The van der Waals surface area contributed by atoms with Crippen LogP contribution in [0.3, 0.4) is 0 Å². The lowest BCUT2D eigenvalue weighted by atomic mass is 10.0. The van der Waals surface area contributed by atoms with Crippen LogP contribution in [0, 0.1) is 16.7 Å². The molecule has 0 atom stereocenters. The third-order valence-corrected chi connectivity index (χ3v) is 4.38. The molecule has 4 rings (SSSR count). The Kier molecular flexibility index (Phi) is 5.04. The monoisotopic (exact) mass is 344 g/mol. The van der Waals surface area contributed by atoms with Gasteiger partial charge in [0.2, 0.25) is 0 Å². The van der Waals surface area contributed by atoms with E-state index in [1.807, 2.05) is 12.1 Å². The van der Waals surface area contributed by atoms with E-state index in [-0.39, 0.29) is 0 Å². The average Bonchev–Trinajstić information content (AvgIpc) is 3.34. The lowest BCUT2D eigenvalue weighted by Gasteiger charge is -2.06. The molecule has 0 fully saturated rings. The molecule has 26 heavy (non-hydrogen) atoms. The zero-order chi connectivity index (χ0) is 18.5. The number of fused-ring (bicyclic) bond motifs is 1. The summed E-state index contributed by atoms with van der Waals surface area (Å²) in [6.45, 7) is 0. The number of aryl methyl sites for hydroxylation is 2. The van der Waals surface area contributed by atoms with E-state index in [0.29, 0.717) is 28.2 Å². The highest BCUT2D eigenvalue weighted by molar-refractivity contribution is 6.14. The third kappa shape index (κ3) is 3.76. The molecule has 1 heterocycles. The summed E-state index contributed by atoms with van der Waals surface area (Å²) in [7, 11) is 0. The number of nitrogens with one attached hydrogen (secondary N) is 1. The summed E-state index contributed by atoms with van der Waals surface area (Å²) in [6.07, 6.45) is 6.63. The van der Waals surface area contributed by atoms with Crippen molar-refractivity contribution in [1.29, 1.82) is 10.7 Å². The van der Waals surface area contributed by atoms with Crippen molar-refractivity contribution in [3.8, 4) is 6.07 Å². The number of nitrogen functional groups attached to an aromatic ring is 2. The van der Waals surface area contributed by atoms with Gasteiger partial charge in [-0.15, -0.1) is 0 Å². The molecule has 0 saturated heterocycles. The van der Waals surface area contributed by atoms with Crippen molar-refractivity contribution in [2.24, 2.45) is 0 Å². The first-order chi connectivity index (χ1) is 12.6. The molecule has 5 nitrogen and oxygen atoms in total. The standard InChI is InChI=1S/C11H11N3O.C10H9N/c12-8-1-2-10(13)9(5-8)11(14)7-3-4-15-6-7;11-7-8-4-5-9-2-1-3-10(9)6-8/h1-6,14H,12-13H2;4-6H,1-3H2. The Morgan fingerprint density at radius 3 is 2.58 bits per heavy atom. The van der Waals surface area contributed by atoms with Gasteiger partial charge in [-0.2, -0.15) is 5.26 Å². The Morgan fingerprint density at radius 2 is 1.85 bits per heavy atom. The van der Waals surface area contributed by atoms with E-state index < -0.39 is 0 Å². The largest absolute Gasteiger partial charge is 0.472 e. The van der Waals surface area contributed by atoms with Gasteiger partial charge in [-0.05, 0) is 66.8 Å². The normalized spacial score (nSPS) is 11.8. The predicted molar refractivity (Wildman–Crippen MR) is 103 cm³/mol. The number of nitriles is 1. The number of benzene rings is 2. The maximum absolute atomic E-state index is 8.62. The second-order valence-corrected chi connectivity index (χ2v) is 6.18.